The molecule has 2 rings (SSSR count). The van der Waals surface area contributed by atoms with Crippen LogP contribution < -0.4 is 10.5 Å². The number of aromatic nitrogens is 2. The lowest BCUT2D eigenvalue weighted by molar-refractivity contribution is 0.333. The van der Waals surface area contributed by atoms with Crippen LogP contribution in [0.2, 0.25) is 0 Å². The van der Waals surface area contributed by atoms with Gasteiger partial charge in [0.05, 0.1) is 13.2 Å². The molecule has 20 heavy (non-hydrogen) atoms. The van der Waals surface area contributed by atoms with Crippen LogP contribution in [0.25, 0.3) is 0 Å². The molecular weight excluding hydrogens is 254 g/mol. The average molecular weight is 275 g/mol. The summed E-state index contributed by atoms with van der Waals surface area (Å²) >= 11 is 0. The minimum Gasteiger partial charge on any atom is -0.497 e. The molecule has 0 saturated heterocycles. The first kappa shape index (κ1) is 14.5. The normalized spacial score (nSPS) is 12.7. The molecular formula is C15H21N3O2. The molecule has 108 valence electrons. The summed E-state index contributed by atoms with van der Waals surface area (Å²) in [4.78, 5) is 4.37. The quantitative estimate of drug-likeness (QED) is 0.877. The summed E-state index contributed by atoms with van der Waals surface area (Å²) in [6.45, 7) is 4.24. The van der Waals surface area contributed by atoms with Gasteiger partial charge >= 0.3 is 0 Å². The number of hydrogen-bond acceptors (Lipinski definition) is 5. The van der Waals surface area contributed by atoms with Crippen LogP contribution in [0.1, 0.15) is 43.6 Å². The number of nitrogens with zero attached hydrogens (tertiary/aromatic N) is 2. The van der Waals surface area contributed by atoms with Gasteiger partial charge in [0.2, 0.25) is 5.89 Å². The van der Waals surface area contributed by atoms with Crippen LogP contribution in [0.15, 0.2) is 28.8 Å². The number of benzene rings is 1. The van der Waals surface area contributed by atoms with Crippen molar-refractivity contribution < 1.29 is 9.26 Å². The van der Waals surface area contributed by atoms with Crippen molar-refractivity contribution in [2.45, 2.75) is 32.7 Å². The second-order valence-electron chi connectivity index (χ2n) is 5.31. The lowest BCUT2D eigenvalue weighted by Crippen LogP contribution is -2.13. The lowest BCUT2D eigenvalue weighted by Gasteiger charge is -2.08. The topological polar surface area (TPSA) is 74.2 Å². The molecule has 0 bridgehead atoms. The van der Waals surface area contributed by atoms with Crippen LogP contribution in [-0.4, -0.2) is 17.3 Å². The van der Waals surface area contributed by atoms with Gasteiger partial charge in [-0.05, 0) is 30.0 Å². The third-order valence-corrected chi connectivity index (χ3v) is 3.02. The van der Waals surface area contributed by atoms with Gasteiger partial charge in [-0.25, -0.2) is 0 Å². The number of methoxy groups -OCH3 is 1. The fraction of sp³-hybridized carbons (Fsp3) is 0.467. The zero-order valence-corrected chi connectivity index (χ0v) is 12.2. The molecule has 5 heteroatoms. The first-order chi connectivity index (χ1) is 9.58. The van der Waals surface area contributed by atoms with Gasteiger partial charge in [-0.15, -0.1) is 0 Å². The Balaban J connectivity index is 2.05. The number of rotatable bonds is 6. The van der Waals surface area contributed by atoms with Crippen LogP contribution in [0.3, 0.4) is 0 Å². The number of ether oxygens (including phenoxy) is 1. The second-order valence-corrected chi connectivity index (χ2v) is 5.31. The summed E-state index contributed by atoms with van der Waals surface area (Å²) < 4.78 is 10.4. The zero-order valence-electron chi connectivity index (χ0n) is 12.2. The highest BCUT2D eigenvalue weighted by atomic mass is 16.5. The molecule has 0 aliphatic heterocycles. The van der Waals surface area contributed by atoms with E-state index in [0.717, 1.165) is 17.7 Å². The van der Waals surface area contributed by atoms with Crippen LogP contribution in [0.5, 0.6) is 5.75 Å². The molecule has 1 atom stereocenters. The maximum Gasteiger partial charge on any atom is 0.243 e. The van der Waals surface area contributed by atoms with Gasteiger partial charge in [-0.3, -0.25) is 0 Å². The van der Waals surface area contributed by atoms with E-state index in [-0.39, 0.29) is 6.04 Å². The molecule has 0 saturated carbocycles. The van der Waals surface area contributed by atoms with Crippen LogP contribution in [0.4, 0.5) is 0 Å². The maximum atomic E-state index is 6.03. The zero-order chi connectivity index (χ0) is 14.5. The minimum atomic E-state index is -0.193. The van der Waals surface area contributed by atoms with E-state index in [2.05, 4.69) is 24.0 Å². The Labute approximate surface area is 119 Å². The molecule has 0 amide bonds. The summed E-state index contributed by atoms with van der Waals surface area (Å²) in [7, 11) is 1.65. The van der Waals surface area contributed by atoms with Crippen molar-refractivity contribution in [3.05, 3.63) is 41.5 Å². The monoisotopic (exact) mass is 275 g/mol. The van der Waals surface area contributed by atoms with E-state index in [0.29, 0.717) is 24.1 Å². The molecule has 0 spiro atoms. The molecule has 1 aromatic heterocycles. The van der Waals surface area contributed by atoms with Crippen molar-refractivity contribution in [1.29, 1.82) is 0 Å². The predicted octanol–water partition coefficient (Wildman–Crippen LogP) is 2.71. The SMILES string of the molecule is COc1cccc(Cc2noc([C@H](N)CC(C)C)n2)c1. The Bertz CT molecular complexity index is 552. The number of hydrogen-bond donors (Lipinski definition) is 1. The largest absolute Gasteiger partial charge is 0.497 e. The van der Waals surface area contributed by atoms with Gasteiger partial charge in [0, 0.05) is 6.42 Å². The summed E-state index contributed by atoms with van der Waals surface area (Å²) in [5.41, 5.74) is 7.11. The van der Waals surface area contributed by atoms with Crippen molar-refractivity contribution >= 4 is 0 Å². The maximum absolute atomic E-state index is 6.03. The Morgan fingerprint density at radius 3 is 2.85 bits per heavy atom. The second kappa shape index (κ2) is 6.52. The molecule has 0 radical (unpaired) electrons. The third-order valence-electron chi connectivity index (χ3n) is 3.02. The highest BCUT2D eigenvalue weighted by Crippen LogP contribution is 2.19. The summed E-state index contributed by atoms with van der Waals surface area (Å²) in [6.07, 6.45) is 1.44. The highest BCUT2D eigenvalue weighted by molar-refractivity contribution is 5.30. The van der Waals surface area contributed by atoms with Gasteiger partial charge < -0.3 is 15.0 Å². The predicted molar refractivity (Wildman–Crippen MR) is 76.5 cm³/mol. The molecule has 1 aromatic carbocycles. The van der Waals surface area contributed by atoms with Crippen LogP contribution >= 0.6 is 0 Å². The van der Waals surface area contributed by atoms with Gasteiger partial charge in [0.25, 0.3) is 0 Å². The standard InChI is InChI=1S/C15H21N3O2/c1-10(2)7-13(16)15-17-14(18-20-15)9-11-5-4-6-12(8-11)19-3/h4-6,8,10,13H,7,9,16H2,1-3H3/t13-/m1/s1. The summed E-state index contributed by atoms with van der Waals surface area (Å²) in [6, 6.07) is 7.63. The van der Waals surface area contributed by atoms with E-state index in [4.69, 9.17) is 15.0 Å². The number of nitrogens with two attached hydrogens (primary N) is 1. The van der Waals surface area contributed by atoms with Crippen LogP contribution in [0, 0.1) is 5.92 Å². The van der Waals surface area contributed by atoms with E-state index in [1.54, 1.807) is 7.11 Å². The van der Waals surface area contributed by atoms with E-state index in [1.165, 1.54) is 0 Å². The summed E-state index contributed by atoms with van der Waals surface area (Å²) in [5.74, 6) is 2.48. The Kier molecular flexibility index (Phi) is 4.74. The third kappa shape index (κ3) is 3.81. The van der Waals surface area contributed by atoms with E-state index in [1.807, 2.05) is 24.3 Å². The van der Waals surface area contributed by atoms with E-state index >= 15 is 0 Å². The highest BCUT2D eigenvalue weighted by Gasteiger charge is 2.16. The Morgan fingerprint density at radius 2 is 2.15 bits per heavy atom. The minimum absolute atomic E-state index is 0.193. The fourth-order valence-electron chi connectivity index (χ4n) is 2.06. The average Bonchev–Trinajstić information content (AvgIpc) is 2.87. The Morgan fingerprint density at radius 1 is 1.35 bits per heavy atom. The molecule has 1 heterocycles. The van der Waals surface area contributed by atoms with Gasteiger partial charge in [-0.1, -0.05) is 31.1 Å². The first-order valence-electron chi connectivity index (χ1n) is 6.79. The molecule has 2 N–H and O–H groups in total. The van der Waals surface area contributed by atoms with Crippen molar-refractivity contribution in [3.8, 4) is 5.75 Å². The van der Waals surface area contributed by atoms with Crippen molar-refractivity contribution in [1.82, 2.24) is 10.1 Å². The van der Waals surface area contributed by atoms with Crippen molar-refractivity contribution in [2.24, 2.45) is 11.7 Å². The van der Waals surface area contributed by atoms with Crippen molar-refractivity contribution in [3.63, 3.8) is 0 Å². The fourth-order valence-corrected chi connectivity index (χ4v) is 2.06. The molecule has 2 aromatic rings. The van der Waals surface area contributed by atoms with Crippen LogP contribution in [-0.2, 0) is 6.42 Å². The molecule has 0 fully saturated rings. The smallest absolute Gasteiger partial charge is 0.243 e. The summed E-state index contributed by atoms with van der Waals surface area (Å²) in [5, 5.41) is 3.99. The van der Waals surface area contributed by atoms with Gasteiger partial charge in [0.1, 0.15) is 5.75 Å². The molecule has 0 aliphatic carbocycles. The Hall–Kier alpha value is -1.88. The van der Waals surface area contributed by atoms with Gasteiger partial charge in [-0.2, -0.15) is 4.98 Å². The van der Waals surface area contributed by atoms with E-state index < -0.39 is 0 Å². The first-order valence-corrected chi connectivity index (χ1v) is 6.79. The van der Waals surface area contributed by atoms with Crippen molar-refractivity contribution in [2.75, 3.05) is 7.11 Å². The molecule has 0 aliphatic rings. The van der Waals surface area contributed by atoms with E-state index in [9.17, 15) is 0 Å². The molecule has 0 unspecified atom stereocenters. The lowest BCUT2D eigenvalue weighted by atomic mass is 10.0. The van der Waals surface area contributed by atoms with Gasteiger partial charge in [0.15, 0.2) is 5.82 Å². The molecule has 5 nitrogen and oxygen atoms in total.